The fraction of sp³-hybridized carbons (Fsp3) is 0.333. The maximum Gasteiger partial charge on any atom is 0.153 e. The van der Waals surface area contributed by atoms with E-state index in [4.69, 9.17) is 4.74 Å². The number of anilines is 2. The van der Waals surface area contributed by atoms with Crippen molar-refractivity contribution in [3.05, 3.63) is 48.2 Å². The first kappa shape index (κ1) is 15.3. The molecule has 0 N–H and O–H groups in total. The molecule has 0 saturated carbocycles. The van der Waals surface area contributed by atoms with Gasteiger partial charge in [-0.25, -0.2) is 4.98 Å². The quantitative estimate of drug-likeness (QED) is 0.794. The minimum absolute atomic E-state index is 0.547. The zero-order valence-corrected chi connectivity index (χ0v) is 13.3. The van der Waals surface area contributed by atoms with Gasteiger partial charge in [0.15, 0.2) is 12.0 Å². The van der Waals surface area contributed by atoms with E-state index in [9.17, 15) is 4.79 Å². The Balaban J connectivity index is 1.76. The molecule has 1 aromatic carbocycles. The highest BCUT2D eigenvalue weighted by Gasteiger charge is 2.21. The van der Waals surface area contributed by atoms with Crippen molar-refractivity contribution in [3.63, 3.8) is 0 Å². The van der Waals surface area contributed by atoms with Crippen LogP contribution in [0.3, 0.4) is 0 Å². The summed E-state index contributed by atoms with van der Waals surface area (Å²) in [4.78, 5) is 20.2. The molecule has 1 aliphatic heterocycles. The summed E-state index contributed by atoms with van der Waals surface area (Å²) < 4.78 is 5.72. The van der Waals surface area contributed by atoms with Gasteiger partial charge in [0.05, 0.1) is 17.9 Å². The van der Waals surface area contributed by atoms with Gasteiger partial charge in [-0.1, -0.05) is 12.1 Å². The molecule has 120 valence electrons. The molecule has 5 heteroatoms. The van der Waals surface area contributed by atoms with Crippen molar-refractivity contribution in [3.8, 4) is 5.75 Å². The summed E-state index contributed by atoms with van der Waals surface area (Å²) in [6, 6.07) is 11.7. The second-order valence-electron chi connectivity index (χ2n) is 5.41. The van der Waals surface area contributed by atoms with Gasteiger partial charge >= 0.3 is 0 Å². The summed E-state index contributed by atoms with van der Waals surface area (Å²) >= 11 is 0. The summed E-state index contributed by atoms with van der Waals surface area (Å²) in [5.41, 5.74) is 1.61. The Morgan fingerprint density at radius 3 is 2.52 bits per heavy atom. The van der Waals surface area contributed by atoms with Crippen LogP contribution in [0.5, 0.6) is 5.75 Å². The minimum atomic E-state index is 0.547. The van der Waals surface area contributed by atoms with Crippen LogP contribution in [-0.4, -0.2) is 44.1 Å². The van der Waals surface area contributed by atoms with Gasteiger partial charge in [0.2, 0.25) is 0 Å². The van der Waals surface area contributed by atoms with Crippen molar-refractivity contribution in [1.29, 1.82) is 0 Å². The molecule has 1 fully saturated rings. The van der Waals surface area contributed by atoms with Gasteiger partial charge in [0.1, 0.15) is 5.82 Å². The summed E-state index contributed by atoms with van der Waals surface area (Å²) in [6.45, 7) is 6.02. The average Bonchev–Trinajstić information content (AvgIpc) is 2.63. The lowest BCUT2D eigenvalue weighted by Gasteiger charge is -2.37. The molecular weight excluding hydrogens is 290 g/mol. The number of hydrogen-bond acceptors (Lipinski definition) is 5. The van der Waals surface area contributed by atoms with Gasteiger partial charge in [-0.15, -0.1) is 0 Å². The monoisotopic (exact) mass is 311 g/mol. The molecule has 0 radical (unpaired) electrons. The van der Waals surface area contributed by atoms with Crippen LogP contribution in [-0.2, 0) is 0 Å². The predicted octanol–water partition coefficient (Wildman–Crippen LogP) is 2.62. The summed E-state index contributed by atoms with van der Waals surface area (Å²) in [7, 11) is 0. The smallest absolute Gasteiger partial charge is 0.153 e. The van der Waals surface area contributed by atoms with Crippen LogP contribution < -0.4 is 14.5 Å². The van der Waals surface area contributed by atoms with E-state index < -0.39 is 0 Å². The molecule has 5 nitrogen and oxygen atoms in total. The van der Waals surface area contributed by atoms with Crippen molar-refractivity contribution in [2.45, 2.75) is 6.92 Å². The van der Waals surface area contributed by atoms with Crippen LogP contribution in [0.15, 0.2) is 42.6 Å². The molecule has 2 heterocycles. The van der Waals surface area contributed by atoms with E-state index in [1.807, 2.05) is 43.5 Å². The maximum atomic E-state index is 11.3. The van der Waals surface area contributed by atoms with Gasteiger partial charge in [0, 0.05) is 32.4 Å². The number of benzene rings is 1. The van der Waals surface area contributed by atoms with Gasteiger partial charge in [-0.05, 0) is 31.2 Å². The Morgan fingerprint density at radius 2 is 1.87 bits per heavy atom. The SMILES string of the molecule is CCOc1c(C=O)cccc1N1CCN(c2ccccn2)CC1. The molecule has 0 atom stereocenters. The molecule has 1 saturated heterocycles. The van der Waals surface area contributed by atoms with Crippen LogP contribution in [0.2, 0.25) is 0 Å². The number of ether oxygens (including phenoxy) is 1. The Hall–Kier alpha value is -2.56. The largest absolute Gasteiger partial charge is 0.491 e. The highest BCUT2D eigenvalue weighted by molar-refractivity contribution is 5.84. The summed E-state index contributed by atoms with van der Waals surface area (Å²) in [5, 5.41) is 0. The standard InChI is InChI=1S/C18H21N3O2/c1-2-23-18-15(14-22)6-5-7-16(18)20-10-12-21(13-11-20)17-8-3-4-9-19-17/h3-9,14H,2,10-13H2,1H3. The number of carbonyl (C=O) groups is 1. The topological polar surface area (TPSA) is 45.7 Å². The highest BCUT2D eigenvalue weighted by Crippen LogP contribution is 2.32. The Bertz CT molecular complexity index is 653. The summed E-state index contributed by atoms with van der Waals surface area (Å²) in [5.74, 6) is 1.70. The molecule has 0 aliphatic carbocycles. The van der Waals surface area contributed by atoms with E-state index in [1.54, 1.807) is 6.07 Å². The second kappa shape index (κ2) is 7.13. The predicted molar refractivity (Wildman–Crippen MR) is 91.7 cm³/mol. The van der Waals surface area contributed by atoms with Gasteiger partial charge in [-0.3, -0.25) is 4.79 Å². The molecule has 0 spiro atoms. The number of nitrogens with zero attached hydrogens (tertiary/aromatic N) is 3. The fourth-order valence-corrected chi connectivity index (χ4v) is 2.90. The number of rotatable bonds is 5. The van der Waals surface area contributed by atoms with Gasteiger partial charge in [-0.2, -0.15) is 0 Å². The lowest BCUT2D eigenvalue weighted by molar-refractivity contribution is 0.112. The summed E-state index contributed by atoms with van der Waals surface area (Å²) in [6.07, 6.45) is 2.68. The van der Waals surface area contributed by atoms with Crippen LogP contribution >= 0.6 is 0 Å². The van der Waals surface area contributed by atoms with E-state index in [-0.39, 0.29) is 0 Å². The zero-order chi connectivity index (χ0) is 16.1. The van der Waals surface area contributed by atoms with E-state index in [1.165, 1.54) is 0 Å². The Labute approximate surface area is 136 Å². The van der Waals surface area contributed by atoms with Crippen molar-refractivity contribution < 1.29 is 9.53 Å². The third-order valence-corrected chi connectivity index (χ3v) is 4.03. The highest BCUT2D eigenvalue weighted by atomic mass is 16.5. The molecule has 23 heavy (non-hydrogen) atoms. The van der Waals surface area contributed by atoms with E-state index >= 15 is 0 Å². The maximum absolute atomic E-state index is 11.3. The molecule has 1 aliphatic rings. The van der Waals surface area contributed by atoms with E-state index in [0.717, 1.165) is 44.0 Å². The first-order valence-corrected chi connectivity index (χ1v) is 7.95. The number of piperazine rings is 1. The lowest BCUT2D eigenvalue weighted by atomic mass is 10.1. The number of carbonyl (C=O) groups excluding carboxylic acids is 1. The Kier molecular flexibility index (Phi) is 4.76. The van der Waals surface area contributed by atoms with E-state index in [2.05, 4.69) is 14.8 Å². The minimum Gasteiger partial charge on any atom is -0.491 e. The van der Waals surface area contributed by atoms with E-state index in [0.29, 0.717) is 17.9 Å². The number of hydrogen-bond donors (Lipinski definition) is 0. The lowest BCUT2D eigenvalue weighted by Crippen LogP contribution is -2.47. The van der Waals surface area contributed by atoms with Crippen LogP contribution in [0.4, 0.5) is 11.5 Å². The van der Waals surface area contributed by atoms with Crippen LogP contribution in [0, 0.1) is 0 Å². The number of pyridine rings is 1. The first-order valence-electron chi connectivity index (χ1n) is 7.95. The molecule has 0 amide bonds. The first-order chi connectivity index (χ1) is 11.3. The molecule has 0 bridgehead atoms. The molecule has 1 aromatic heterocycles. The fourth-order valence-electron chi connectivity index (χ4n) is 2.90. The third kappa shape index (κ3) is 3.28. The number of aldehydes is 1. The van der Waals surface area contributed by atoms with Crippen LogP contribution in [0.1, 0.15) is 17.3 Å². The normalized spacial score (nSPS) is 14.7. The van der Waals surface area contributed by atoms with Crippen molar-refractivity contribution in [2.24, 2.45) is 0 Å². The Morgan fingerprint density at radius 1 is 1.09 bits per heavy atom. The second-order valence-corrected chi connectivity index (χ2v) is 5.41. The van der Waals surface area contributed by atoms with Crippen molar-refractivity contribution in [1.82, 2.24) is 4.98 Å². The molecular formula is C18H21N3O2. The number of para-hydroxylation sites is 1. The van der Waals surface area contributed by atoms with Crippen molar-refractivity contribution >= 4 is 17.8 Å². The van der Waals surface area contributed by atoms with Gasteiger partial charge < -0.3 is 14.5 Å². The zero-order valence-electron chi connectivity index (χ0n) is 13.3. The molecule has 2 aromatic rings. The van der Waals surface area contributed by atoms with Crippen LogP contribution in [0.25, 0.3) is 0 Å². The molecule has 0 unspecified atom stereocenters. The third-order valence-electron chi connectivity index (χ3n) is 4.03. The van der Waals surface area contributed by atoms with Crippen molar-refractivity contribution in [2.75, 3.05) is 42.6 Å². The number of aromatic nitrogens is 1. The molecule has 3 rings (SSSR count). The average molecular weight is 311 g/mol. The van der Waals surface area contributed by atoms with Gasteiger partial charge in [0.25, 0.3) is 0 Å².